The van der Waals surface area contributed by atoms with Crippen LogP contribution in [0.25, 0.3) is 0 Å². The molecule has 13 heavy (non-hydrogen) atoms. The van der Waals surface area contributed by atoms with Crippen molar-refractivity contribution in [2.45, 2.75) is 46.0 Å². The molecule has 1 aliphatic heterocycles. The van der Waals surface area contributed by atoms with Crippen molar-refractivity contribution in [3.8, 4) is 0 Å². The first kappa shape index (κ1) is 11.1. The molecule has 0 aliphatic carbocycles. The second-order valence-corrected chi connectivity index (χ2v) is 5.19. The molecule has 1 fully saturated rings. The first-order valence-electron chi connectivity index (χ1n) is 5.76. The highest BCUT2D eigenvalue weighted by Crippen LogP contribution is 2.30. The Hall–Kier alpha value is 0.0249. The van der Waals surface area contributed by atoms with Crippen molar-refractivity contribution in [2.75, 3.05) is 13.1 Å². The van der Waals surface area contributed by atoms with E-state index in [-0.39, 0.29) is 0 Å². The molecule has 3 atom stereocenters. The standard InChI is InChI=1S/C11H24BN/c1-8(2)13-6-5-11(12)10(4)9(3)7-13/h8-11H,5-7,12H2,1-4H3. The van der Waals surface area contributed by atoms with E-state index in [9.17, 15) is 0 Å². The van der Waals surface area contributed by atoms with Gasteiger partial charge in [-0.25, -0.2) is 0 Å². The number of likely N-dealkylation sites (tertiary alicyclic amines) is 1. The van der Waals surface area contributed by atoms with Crippen LogP contribution >= 0.6 is 0 Å². The number of nitrogens with zero attached hydrogens (tertiary/aromatic N) is 1. The first-order valence-corrected chi connectivity index (χ1v) is 5.76. The molecule has 0 bridgehead atoms. The van der Waals surface area contributed by atoms with Gasteiger partial charge in [0.1, 0.15) is 7.85 Å². The van der Waals surface area contributed by atoms with Crippen LogP contribution in [-0.4, -0.2) is 31.9 Å². The summed E-state index contributed by atoms with van der Waals surface area (Å²) in [5, 5.41) is 0. The van der Waals surface area contributed by atoms with Gasteiger partial charge in [-0.1, -0.05) is 19.7 Å². The van der Waals surface area contributed by atoms with E-state index in [1.807, 2.05) is 0 Å². The molecule has 1 nitrogen and oxygen atoms in total. The Bertz CT molecular complexity index is 158. The van der Waals surface area contributed by atoms with Crippen molar-refractivity contribution in [2.24, 2.45) is 11.8 Å². The second kappa shape index (κ2) is 4.50. The molecule has 0 saturated carbocycles. The maximum absolute atomic E-state index is 2.63. The van der Waals surface area contributed by atoms with Gasteiger partial charge in [-0.3, -0.25) is 0 Å². The lowest BCUT2D eigenvalue weighted by Crippen LogP contribution is -2.34. The Morgan fingerprint density at radius 2 is 1.92 bits per heavy atom. The fourth-order valence-electron chi connectivity index (χ4n) is 2.29. The van der Waals surface area contributed by atoms with Crippen LogP contribution in [0.2, 0.25) is 5.82 Å². The zero-order valence-corrected chi connectivity index (χ0v) is 9.88. The topological polar surface area (TPSA) is 3.24 Å². The average Bonchev–Trinajstić information content (AvgIpc) is 2.19. The van der Waals surface area contributed by atoms with Crippen LogP contribution in [0.3, 0.4) is 0 Å². The quantitative estimate of drug-likeness (QED) is 0.557. The summed E-state index contributed by atoms with van der Waals surface area (Å²) in [7, 11) is 2.41. The molecule has 1 aliphatic rings. The SMILES string of the molecule is BC1CCN(C(C)C)CC(C)C1C. The van der Waals surface area contributed by atoms with Crippen molar-refractivity contribution in [1.82, 2.24) is 4.90 Å². The predicted octanol–water partition coefficient (Wildman–Crippen LogP) is 1.79. The molecule has 2 heteroatoms. The van der Waals surface area contributed by atoms with Crippen LogP contribution in [-0.2, 0) is 0 Å². The summed E-state index contributed by atoms with van der Waals surface area (Å²) in [5.74, 6) is 2.65. The molecule has 0 aromatic heterocycles. The third-order valence-electron chi connectivity index (χ3n) is 3.92. The largest absolute Gasteiger partial charge is 0.301 e. The molecular weight excluding hydrogens is 157 g/mol. The van der Waals surface area contributed by atoms with Gasteiger partial charge in [0.15, 0.2) is 0 Å². The van der Waals surface area contributed by atoms with E-state index in [2.05, 4.69) is 40.4 Å². The van der Waals surface area contributed by atoms with Gasteiger partial charge >= 0.3 is 0 Å². The van der Waals surface area contributed by atoms with Crippen molar-refractivity contribution in [3.05, 3.63) is 0 Å². The Morgan fingerprint density at radius 1 is 1.31 bits per heavy atom. The van der Waals surface area contributed by atoms with Gasteiger partial charge in [-0.05, 0) is 38.6 Å². The fourth-order valence-corrected chi connectivity index (χ4v) is 2.29. The Balaban J connectivity index is 2.58. The second-order valence-electron chi connectivity index (χ2n) is 5.19. The summed E-state index contributed by atoms with van der Waals surface area (Å²) in [6.45, 7) is 12.0. The van der Waals surface area contributed by atoms with E-state index in [0.717, 1.165) is 23.7 Å². The average molecular weight is 181 g/mol. The van der Waals surface area contributed by atoms with E-state index in [4.69, 9.17) is 0 Å². The smallest absolute Gasteiger partial charge is 0.105 e. The minimum absolute atomic E-state index is 0.722. The molecule has 1 saturated heterocycles. The van der Waals surface area contributed by atoms with E-state index < -0.39 is 0 Å². The monoisotopic (exact) mass is 181 g/mol. The molecule has 0 aromatic carbocycles. The lowest BCUT2D eigenvalue weighted by Gasteiger charge is -2.27. The molecular formula is C11H24BN. The molecule has 0 spiro atoms. The summed E-state index contributed by atoms with van der Waals surface area (Å²) in [5.41, 5.74) is 0. The molecule has 0 radical (unpaired) electrons. The highest BCUT2D eigenvalue weighted by atomic mass is 15.1. The summed E-state index contributed by atoms with van der Waals surface area (Å²) in [6.07, 6.45) is 1.38. The van der Waals surface area contributed by atoms with Gasteiger partial charge in [-0.15, -0.1) is 0 Å². The molecule has 1 heterocycles. The Kier molecular flexibility index (Phi) is 3.84. The molecule has 0 aromatic rings. The summed E-state index contributed by atoms with van der Waals surface area (Å²) >= 11 is 0. The molecule has 0 amide bonds. The Morgan fingerprint density at radius 3 is 2.46 bits per heavy atom. The maximum atomic E-state index is 2.63. The fraction of sp³-hybridized carbons (Fsp3) is 1.00. The lowest BCUT2D eigenvalue weighted by molar-refractivity contribution is 0.197. The number of rotatable bonds is 1. The molecule has 76 valence electrons. The normalized spacial score (nSPS) is 37.8. The minimum atomic E-state index is 0.722. The summed E-state index contributed by atoms with van der Waals surface area (Å²) in [6, 6.07) is 0.722. The van der Waals surface area contributed by atoms with Gasteiger partial charge in [-0.2, -0.15) is 0 Å². The predicted molar refractivity (Wildman–Crippen MR) is 61.9 cm³/mol. The minimum Gasteiger partial charge on any atom is -0.301 e. The van der Waals surface area contributed by atoms with Crippen LogP contribution < -0.4 is 0 Å². The lowest BCUT2D eigenvalue weighted by atomic mass is 9.71. The van der Waals surface area contributed by atoms with E-state index in [1.54, 1.807) is 0 Å². The Labute approximate surface area is 84.3 Å². The number of hydrogen-bond donors (Lipinski definition) is 0. The zero-order valence-electron chi connectivity index (χ0n) is 9.88. The van der Waals surface area contributed by atoms with E-state index in [0.29, 0.717) is 0 Å². The number of hydrogen-bond acceptors (Lipinski definition) is 1. The highest BCUT2D eigenvalue weighted by Gasteiger charge is 2.26. The zero-order chi connectivity index (χ0) is 10.0. The van der Waals surface area contributed by atoms with Crippen LogP contribution in [0, 0.1) is 11.8 Å². The highest BCUT2D eigenvalue weighted by molar-refractivity contribution is 6.11. The van der Waals surface area contributed by atoms with E-state index >= 15 is 0 Å². The van der Waals surface area contributed by atoms with Crippen molar-refractivity contribution in [1.29, 1.82) is 0 Å². The van der Waals surface area contributed by atoms with Crippen LogP contribution in [0.1, 0.15) is 34.1 Å². The summed E-state index contributed by atoms with van der Waals surface area (Å²) < 4.78 is 0. The van der Waals surface area contributed by atoms with Crippen LogP contribution in [0.4, 0.5) is 0 Å². The molecule has 0 N–H and O–H groups in total. The van der Waals surface area contributed by atoms with Gasteiger partial charge in [0, 0.05) is 12.6 Å². The first-order chi connectivity index (χ1) is 6.02. The van der Waals surface area contributed by atoms with Crippen LogP contribution in [0.5, 0.6) is 0 Å². The maximum Gasteiger partial charge on any atom is 0.105 e. The van der Waals surface area contributed by atoms with Crippen molar-refractivity contribution < 1.29 is 0 Å². The van der Waals surface area contributed by atoms with Gasteiger partial charge in [0.05, 0.1) is 0 Å². The third kappa shape index (κ3) is 2.73. The molecule has 1 rings (SSSR count). The van der Waals surface area contributed by atoms with Crippen LogP contribution in [0.15, 0.2) is 0 Å². The van der Waals surface area contributed by atoms with Gasteiger partial charge in [0.25, 0.3) is 0 Å². The third-order valence-corrected chi connectivity index (χ3v) is 3.92. The van der Waals surface area contributed by atoms with Crippen molar-refractivity contribution >= 4 is 7.85 Å². The van der Waals surface area contributed by atoms with Gasteiger partial charge < -0.3 is 4.90 Å². The van der Waals surface area contributed by atoms with Gasteiger partial charge in [0.2, 0.25) is 0 Å². The molecule has 3 unspecified atom stereocenters. The summed E-state index contributed by atoms with van der Waals surface area (Å²) in [4.78, 5) is 2.63. The van der Waals surface area contributed by atoms with Crippen molar-refractivity contribution in [3.63, 3.8) is 0 Å². The van der Waals surface area contributed by atoms with E-state index in [1.165, 1.54) is 19.5 Å².